The Hall–Kier alpha value is -1.80. The van der Waals surface area contributed by atoms with E-state index in [2.05, 4.69) is 37.2 Å². The summed E-state index contributed by atoms with van der Waals surface area (Å²) in [6.45, 7) is 1.31. The van der Waals surface area contributed by atoms with Gasteiger partial charge < -0.3 is 10.2 Å². The number of amides is 2. The van der Waals surface area contributed by atoms with Crippen molar-refractivity contribution in [2.75, 3.05) is 20.1 Å². The number of nitrogens with one attached hydrogen (secondary N) is 1. The third-order valence-electron chi connectivity index (χ3n) is 4.50. The standard InChI is InChI=1S/C10H9BrFNO.C9H7BrFNO/c1-13-3-2-7-8(10(13)14)4-6(12)5-9(7)11;10-8-4-5(11)3-7-6(8)1-2-12-9(7)13/h4-5H,2-3H2,1H3;3-4H,1-2H2,(H,12,13). The second-order valence-corrected chi connectivity index (χ2v) is 8.02. The molecule has 2 aromatic carbocycles. The number of benzene rings is 2. The maximum Gasteiger partial charge on any atom is 0.254 e. The van der Waals surface area contributed by atoms with E-state index >= 15 is 0 Å². The van der Waals surface area contributed by atoms with Gasteiger partial charge in [-0.15, -0.1) is 0 Å². The largest absolute Gasteiger partial charge is 0.352 e. The maximum absolute atomic E-state index is 13.1. The van der Waals surface area contributed by atoms with Gasteiger partial charge in [0.15, 0.2) is 0 Å². The topological polar surface area (TPSA) is 49.4 Å². The highest BCUT2D eigenvalue weighted by Gasteiger charge is 2.24. The van der Waals surface area contributed by atoms with E-state index in [4.69, 9.17) is 0 Å². The molecule has 2 aliphatic heterocycles. The quantitative estimate of drug-likeness (QED) is 0.591. The molecule has 0 radical (unpaired) electrons. The minimum atomic E-state index is -0.386. The maximum atomic E-state index is 13.1. The van der Waals surface area contributed by atoms with Crippen molar-refractivity contribution >= 4 is 43.7 Å². The van der Waals surface area contributed by atoms with Crippen molar-refractivity contribution in [1.29, 1.82) is 0 Å². The highest BCUT2D eigenvalue weighted by molar-refractivity contribution is 9.10. The zero-order valence-electron chi connectivity index (χ0n) is 14.4. The molecule has 0 aromatic heterocycles. The molecular formula is C19H16Br2F2N2O2. The Morgan fingerprint density at radius 1 is 0.926 bits per heavy atom. The van der Waals surface area contributed by atoms with Gasteiger partial charge >= 0.3 is 0 Å². The second-order valence-electron chi connectivity index (χ2n) is 6.31. The number of likely N-dealkylation sites (N-methyl/N-ethyl adjacent to an activating group) is 1. The van der Waals surface area contributed by atoms with Crippen LogP contribution in [0.3, 0.4) is 0 Å². The molecule has 0 unspecified atom stereocenters. The Kier molecular flexibility index (Phi) is 5.95. The fourth-order valence-corrected chi connectivity index (χ4v) is 4.35. The summed E-state index contributed by atoms with van der Waals surface area (Å²) < 4.78 is 27.3. The van der Waals surface area contributed by atoms with Crippen LogP contribution in [0, 0.1) is 11.6 Å². The van der Waals surface area contributed by atoms with E-state index in [0.717, 1.165) is 24.0 Å². The van der Waals surface area contributed by atoms with Gasteiger partial charge in [-0.3, -0.25) is 9.59 Å². The fourth-order valence-electron chi connectivity index (χ4n) is 3.09. The Labute approximate surface area is 172 Å². The molecule has 0 bridgehead atoms. The molecule has 1 N–H and O–H groups in total. The predicted molar refractivity (Wildman–Crippen MR) is 105 cm³/mol. The van der Waals surface area contributed by atoms with Crippen LogP contribution < -0.4 is 5.32 Å². The number of hydrogen-bond donors (Lipinski definition) is 1. The Morgan fingerprint density at radius 2 is 1.48 bits per heavy atom. The molecule has 0 aliphatic carbocycles. The van der Waals surface area contributed by atoms with E-state index in [-0.39, 0.29) is 23.4 Å². The van der Waals surface area contributed by atoms with Crippen LogP contribution in [-0.2, 0) is 12.8 Å². The van der Waals surface area contributed by atoms with Gasteiger partial charge in [0.1, 0.15) is 11.6 Å². The lowest BCUT2D eigenvalue weighted by atomic mass is 9.99. The molecule has 2 aromatic rings. The summed E-state index contributed by atoms with van der Waals surface area (Å²) in [5.41, 5.74) is 2.73. The highest BCUT2D eigenvalue weighted by Crippen LogP contribution is 2.27. The predicted octanol–water partition coefficient (Wildman–Crippen LogP) is 4.09. The summed E-state index contributed by atoms with van der Waals surface area (Å²) in [5, 5.41) is 2.67. The highest BCUT2D eigenvalue weighted by atomic mass is 79.9. The van der Waals surface area contributed by atoms with Crippen LogP contribution in [-0.4, -0.2) is 36.9 Å². The van der Waals surface area contributed by atoms with Crippen molar-refractivity contribution in [3.8, 4) is 0 Å². The summed E-state index contributed by atoms with van der Waals surface area (Å²) in [6, 6.07) is 5.36. The third-order valence-corrected chi connectivity index (χ3v) is 5.92. The molecule has 2 heterocycles. The van der Waals surface area contributed by atoms with Gasteiger partial charge in [0.2, 0.25) is 0 Å². The van der Waals surface area contributed by atoms with E-state index < -0.39 is 0 Å². The van der Waals surface area contributed by atoms with Crippen LogP contribution >= 0.6 is 31.9 Å². The molecule has 2 amide bonds. The molecule has 0 fully saturated rings. The molecule has 0 atom stereocenters. The van der Waals surface area contributed by atoms with Crippen LogP contribution in [0.25, 0.3) is 0 Å². The van der Waals surface area contributed by atoms with Crippen LogP contribution in [0.4, 0.5) is 8.78 Å². The van der Waals surface area contributed by atoms with E-state index in [1.54, 1.807) is 11.9 Å². The molecule has 0 saturated heterocycles. The average Bonchev–Trinajstić information content (AvgIpc) is 2.60. The lowest BCUT2D eigenvalue weighted by Gasteiger charge is -2.25. The number of halogens is 4. The van der Waals surface area contributed by atoms with Crippen LogP contribution in [0.15, 0.2) is 33.2 Å². The van der Waals surface area contributed by atoms with Crippen LogP contribution in [0.5, 0.6) is 0 Å². The normalized spacial score (nSPS) is 15.4. The molecule has 27 heavy (non-hydrogen) atoms. The van der Waals surface area contributed by atoms with Crippen molar-refractivity contribution in [1.82, 2.24) is 10.2 Å². The number of rotatable bonds is 0. The average molecular weight is 502 g/mol. The first-order valence-corrected chi connectivity index (χ1v) is 9.86. The number of hydrogen-bond acceptors (Lipinski definition) is 2. The van der Waals surface area contributed by atoms with E-state index in [0.29, 0.717) is 33.2 Å². The number of fused-ring (bicyclic) bond motifs is 2. The summed E-state index contributed by atoms with van der Waals surface area (Å²) in [4.78, 5) is 24.6. The van der Waals surface area contributed by atoms with Crippen molar-refractivity contribution < 1.29 is 18.4 Å². The monoisotopic (exact) mass is 500 g/mol. The van der Waals surface area contributed by atoms with E-state index in [1.165, 1.54) is 24.3 Å². The van der Waals surface area contributed by atoms with Gasteiger partial charge in [0, 0.05) is 40.2 Å². The lowest BCUT2D eigenvalue weighted by Crippen LogP contribution is -2.34. The molecule has 2 aliphatic rings. The van der Waals surface area contributed by atoms with Gasteiger partial charge in [0.25, 0.3) is 11.8 Å². The molecule has 4 nitrogen and oxygen atoms in total. The minimum absolute atomic E-state index is 0.105. The number of nitrogens with zero attached hydrogens (tertiary/aromatic N) is 1. The van der Waals surface area contributed by atoms with Gasteiger partial charge in [-0.05, 0) is 48.2 Å². The van der Waals surface area contributed by atoms with Crippen molar-refractivity contribution in [2.24, 2.45) is 0 Å². The van der Waals surface area contributed by atoms with Crippen molar-refractivity contribution in [3.63, 3.8) is 0 Å². The van der Waals surface area contributed by atoms with E-state index in [9.17, 15) is 18.4 Å². The fraction of sp³-hybridized carbons (Fsp3) is 0.263. The Balaban J connectivity index is 0.000000156. The van der Waals surface area contributed by atoms with Gasteiger partial charge in [-0.25, -0.2) is 8.78 Å². The zero-order chi connectivity index (χ0) is 19.7. The second kappa shape index (κ2) is 8.06. The zero-order valence-corrected chi connectivity index (χ0v) is 17.6. The molecule has 0 spiro atoms. The first-order valence-electron chi connectivity index (χ1n) is 8.27. The first kappa shape index (κ1) is 19.9. The number of carbonyl (C=O) groups is 2. The molecule has 0 saturated carbocycles. The minimum Gasteiger partial charge on any atom is -0.352 e. The molecule has 8 heteroatoms. The van der Waals surface area contributed by atoms with Crippen LogP contribution in [0.1, 0.15) is 31.8 Å². The molecule has 142 valence electrons. The smallest absolute Gasteiger partial charge is 0.254 e. The summed E-state index contributed by atoms with van der Waals surface area (Å²) in [6.07, 6.45) is 1.53. The third kappa shape index (κ3) is 4.21. The van der Waals surface area contributed by atoms with E-state index in [1.807, 2.05) is 0 Å². The lowest BCUT2D eigenvalue weighted by molar-refractivity contribution is 0.0779. The first-order chi connectivity index (χ1) is 12.8. The molecule has 4 rings (SSSR count). The van der Waals surface area contributed by atoms with Crippen molar-refractivity contribution in [2.45, 2.75) is 12.8 Å². The Morgan fingerprint density at radius 3 is 2.11 bits per heavy atom. The van der Waals surface area contributed by atoms with Gasteiger partial charge in [-0.2, -0.15) is 0 Å². The SMILES string of the molecule is CN1CCc2c(Br)cc(F)cc2C1=O.O=C1NCCc2c(Br)cc(F)cc21. The van der Waals surface area contributed by atoms with Crippen LogP contribution in [0.2, 0.25) is 0 Å². The summed E-state index contributed by atoms with van der Waals surface area (Å²) in [7, 11) is 1.73. The van der Waals surface area contributed by atoms with Crippen molar-refractivity contribution in [3.05, 3.63) is 67.1 Å². The van der Waals surface area contributed by atoms with Gasteiger partial charge in [-0.1, -0.05) is 31.9 Å². The van der Waals surface area contributed by atoms with Gasteiger partial charge in [0.05, 0.1) is 0 Å². The summed E-state index contributed by atoms with van der Waals surface area (Å²) in [5.74, 6) is -1.06. The molecular weight excluding hydrogens is 486 g/mol. The summed E-state index contributed by atoms with van der Waals surface area (Å²) >= 11 is 6.51. The Bertz CT molecular complexity index is 934. The number of carbonyl (C=O) groups excluding carboxylic acids is 2.